The van der Waals surface area contributed by atoms with Crippen LogP contribution in [0.5, 0.6) is 0 Å². The van der Waals surface area contributed by atoms with Crippen LogP contribution >= 0.6 is 0 Å². The van der Waals surface area contributed by atoms with Crippen LogP contribution in [0.4, 0.5) is 11.4 Å². The molecule has 2 aromatic carbocycles. The molecule has 1 aliphatic rings. The molecule has 1 aliphatic heterocycles. The first-order valence-electron chi connectivity index (χ1n) is 8.57. The fourth-order valence-electron chi connectivity index (χ4n) is 3.11. The molecule has 4 nitrogen and oxygen atoms in total. The van der Waals surface area contributed by atoms with Gasteiger partial charge in [-0.3, -0.25) is 0 Å². The van der Waals surface area contributed by atoms with Gasteiger partial charge in [0.25, 0.3) is 0 Å². The minimum absolute atomic E-state index is 0.0772. The highest BCUT2D eigenvalue weighted by Crippen LogP contribution is 2.27. The molecule has 3 rings (SSSR count). The van der Waals surface area contributed by atoms with Crippen molar-refractivity contribution >= 4 is 11.4 Å². The van der Waals surface area contributed by atoms with E-state index in [1.165, 1.54) is 16.8 Å². The van der Waals surface area contributed by atoms with Gasteiger partial charge in [-0.05, 0) is 48.7 Å². The van der Waals surface area contributed by atoms with Gasteiger partial charge in [-0.2, -0.15) is 0 Å². The molecule has 4 heteroatoms. The van der Waals surface area contributed by atoms with Crippen molar-refractivity contribution in [2.24, 2.45) is 0 Å². The highest BCUT2D eigenvalue weighted by molar-refractivity contribution is 5.61. The quantitative estimate of drug-likeness (QED) is 0.883. The predicted molar refractivity (Wildman–Crippen MR) is 98.6 cm³/mol. The zero-order valence-corrected chi connectivity index (χ0v) is 14.5. The number of aliphatic hydroxyl groups excluding tert-OH is 1. The zero-order chi connectivity index (χ0) is 16.9. The molecule has 2 aromatic rings. The van der Waals surface area contributed by atoms with Crippen LogP contribution in [0.25, 0.3) is 0 Å². The maximum absolute atomic E-state index is 9.30. The first-order valence-corrected chi connectivity index (χ1v) is 8.57. The summed E-state index contributed by atoms with van der Waals surface area (Å²) >= 11 is 0. The molecular weight excluding hydrogens is 300 g/mol. The van der Waals surface area contributed by atoms with Crippen molar-refractivity contribution < 1.29 is 9.84 Å². The van der Waals surface area contributed by atoms with Crippen molar-refractivity contribution in [3.63, 3.8) is 0 Å². The van der Waals surface area contributed by atoms with Crippen LogP contribution in [0.15, 0.2) is 42.5 Å². The molecule has 0 saturated carbocycles. The van der Waals surface area contributed by atoms with Crippen LogP contribution in [0.3, 0.4) is 0 Å². The van der Waals surface area contributed by atoms with Crippen molar-refractivity contribution in [2.75, 3.05) is 36.5 Å². The summed E-state index contributed by atoms with van der Waals surface area (Å²) in [5.74, 6) is 0. The largest absolute Gasteiger partial charge is 0.392 e. The number of nitrogens with zero attached hydrogens (tertiary/aromatic N) is 1. The monoisotopic (exact) mass is 326 g/mol. The van der Waals surface area contributed by atoms with E-state index in [-0.39, 0.29) is 12.6 Å². The molecule has 1 heterocycles. The van der Waals surface area contributed by atoms with Gasteiger partial charge in [0, 0.05) is 30.5 Å². The third kappa shape index (κ3) is 3.89. The van der Waals surface area contributed by atoms with E-state index in [1.54, 1.807) is 0 Å². The van der Waals surface area contributed by atoms with E-state index in [4.69, 9.17) is 4.74 Å². The average Bonchev–Trinajstić information content (AvgIpc) is 2.64. The predicted octanol–water partition coefficient (Wildman–Crippen LogP) is 3.50. The SMILES string of the molecule is Cc1cc(N2CCOCC2)ccc1NC(C)c1cccc(CO)c1. The Morgan fingerprint density at radius 2 is 1.96 bits per heavy atom. The van der Waals surface area contributed by atoms with Crippen molar-refractivity contribution in [1.82, 2.24) is 0 Å². The first-order chi connectivity index (χ1) is 11.7. The van der Waals surface area contributed by atoms with Crippen LogP contribution in [0.1, 0.15) is 29.7 Å². The Balaban J connectivity index is 1.72. The minimum atomic E-state index is 0.0772. The van der Waals surface area contributed by atoms with Gasteiger partial charge in [0.2, 0.25) is 0 Å². The highest BCUT2D eigenvalue weighted by atomic mass is 16.5. The van der Waals surface area contributed by atoms with Crippen molar-refractivity contribution in [3.8, 4) is 0 Å². The molecule has 0 aromatic heterocycles. The smallest absolute Gasteiger partial charge is 0.0681 e. The topological polar surface area (TPSA) is 44.7 Å². The third-order valence-electron chi connectivity index (χ3n) is 4.59. The molecule has 1 unspecified atom stereocenters. The second-order valence-electron chi connectivity index (χ2n) is 6.37. The Labute approximate surface area is 144 Å². The van der Waals surface area contributed by atoms with Crippen LogP contribution in [0, 0.1) is 6.92 Å². The number of anilines is 2. The third-order valence-corrected chi connectivity index (χ3v) is 4.59. The van der Waals surface area contributed by atoms with Gasteiger partial charge >= 0.3 is 0 Å². The van der Waals surface area contributed by atoms with Crippen LogP contribution in [-0.2, 0) is 11.3 Å². The second-order valence-corrected chi connectivity index (χ2v) is 6.37. The first kappa shape index (κ1) is 16.8. The summed E-state index contributed by atoms with van der Waals surface area (Å²) in [5, 5.41) is 12.9. The summed E-state index contributed by atoms with van der Waals surface area (Å²) in [4.78, 5) is 2.37. The normalized spacial score (nSPS) is 16.0. The lowest BCUT2D eigenvalue weighted by atomic mass is 10.0. The second kappa shape index (κ2) is 7.69. The van der Waals surface area contributed by atoms with Crippen molar-refractivity contribution in [1.29, 1.82) is 0 Å². The maximum atomic E-state index is 9.30. The number of hydrogen-bond donors (Lipinski definition) is 2. The summed E-state index contributed by atoms with van der Waals surface area (Å²) in [6.07, 6.45) is 0. The van der Waals surface area contributed by atoms with Crippen LogP contribution in [-0.4, -0.2) is 31.4 Å². The number of morpholine rings is 1. The van der Waals surface area contributed by atoms with Gasteiger partial charge in [0.15, 0.2) is 0 Å². The molecule has 0 radical (unpaired) electrons. The summed E-state index contributed by atoms with van der Waals surface area (Å²) in [6.45, 7) is 7.88. The van der Waals surface area contributed by atoms with Crippen LogP contribution < -0.4 is 10.2 Å². The Kier molecular flexibility index (Phi) is 5.38. The summed E-state index contributed by atoms with van der Waals surface area (Å²) < 4.78 is 5.42. The molecule has 24 heavy (non-hydrogen) atoms. The molecule has 1 fully saturated rings. The van der Waals surface area contributed by atoms with E-state index < -0.39 is 0 Å². The molecule has 0 bridgehead atoms. The molecule has 0 aliphatic carbocycles. The molecule has 1 saturated heterocycles. The Morgan fingerprint density at radius 1 is 1.17 bits per heavy atom. The lowest BCUT2D eigenvalue weighted by molar-refractivity contribution is 0.122. The van der Waals surface area contributed by atoms with Crippen molar-refractivity contribution in [2.45, 2.75) is 26.5 Å². The number of aliphatic hydroxyl groups is 1. The summed E-state index contributed by atoms with van der Waals surface area (Å²) in [7, 11) is 0. The number of nitrogens with one attached hydrogen (secondary N) is 1. The van der Waals surface area contributed by atoms with E-state index in [2.05, 4.69) is 54.4 Å². The van der Waals surface area contributed by atoms with E-state index >= 15 is 0 Å². The van der Waals surface area contributed by atoms with Gasteiger partial charge in [-0.1, -0.05) is 24.3 Å². The standard InChI is InChI=1S/C20H26N2O2/c1-15-12-19(22-8-10-24-11-9-22)6-7-20(15)21-16(2)18-5-3-4-17(13-18)14-23/h3-7,12-13,16,21,23H,8-11,14H2,1-2H3. The Morgan fingerprint density at radius 3 is 2.67 bits per heavy atom. The van der Waals surface area contributed by atoms with E-state index in [9.17, 15) is 5.11 Å². The number of benzene rings is 2. The number of rotatable bonds is 5. The number of hydrogen-bond acceptors (Lipinski definition) is 4. The fraction of sp³-hybridized carbons (Fsp3) is 0.400. The van der Waals surface area contributed by atoms with E-state index in [1.807, 2.05) is 12.1 Å². The number of ether oxygens (including phenoxy) is 1. The van der Waals surface area contributed by atoms with Crippen molar-refractivity contribution in [3.05, 3.63) is 59.2 Å². The van der Waals surface area contributed by atoms with Gasteiger partial charge in [0.1, 0.15) is 0 Å². The average molecular weight is 326 g/mol. The molecule has 2 N–H and O–H groups in total. The van der Waals surface area contributed by atoms with Gasteiger partial charge in [-0.15, -0.1) is 0 Å². The van der Waals surface area contributed by atoms with E-state index in [0.29, 0.717) is 0 Å². The summed E-state index contributed by atoms with van der Waals surface area (Å²) in [5.41, 5.74) is 5.77. The molecule has 0 spiro atoms. The summed E-state index contributed by atoms with van der Waals surface area (Å²) in [6, 6.07) is 14.8. The van der Waals surface area contributed by atoms with Gasteiger partial charge in [0.05, 0.1) is 19.8 Å². The zero-order valence-electron chi connectivity index (χ0n) is 14.5. The highest BCUT2D eigenvalue weighted by Gasteiger charge is 2.13. The minimum Gasteiger partial charge on any atom is -0.392 e. The number of aryl methyl sites for hydroxylation is 1. The Bertz CT molecular complexity index is 681. The molecular formula is C20H26N2O2. The van der Waals surface area contributed by atoms with Crippen LogP contribution in [0.2, 0.25) is 0 Å². The van der Waals surface area contributed by atoms with Gasteiger partial charge in [-0.25, -0.2) is 0 Å². The molecule has 0 amide bonds. The maximum Gasteiger partial charge on any atom is 0.0681 e. The van der Waals surface area contributed by atoms with E-state index in [0.717, 1.165) is 37.6 Å². The molecule has 128 valence electrons. The molecule has 1 atom stereocenters. The van der Waals surface area contributed by atoms with Gasteiger partial charge < -0.3 is 20.1 Å². The fourth-order valence-corrected chi connectivity index (χ4v) is 3.11. The Hall–Kier alpha value is -2.04. The lowest BCUT2D eigenvalue weighted by Crippen LogP contribution is -2.36. The lowest BCUT2D eigenvalue weighted by Gasteiger charge is -2.29.